The lowest BCUT2D eigenvalue weighted by molar-refractivity contribution is -0.0586. The molecule has 2 unspecified atom stereocenters. The van der Waals surface area contributed by atoms with E-state index in [9.17, 15) is 13.2 Å². The second-order valence-electron chi connectivity index (χ2n) is 6.67. The van der Waals surface area contributed by atoms with Crippen molar-refractivity contribution in [3.63, 3.8) is 0 Å². The van der Waals surface area contributed by atoms with Gasteiger partial charge in [-0.1, -0.05) is 0 Å². The van der Waals surface area contributed by atoms with Gasteiger partial charge in [-0.15, -0.1) is 0 Å². The highest BCUT2D eigenvalue weighted by Gasteiger charge is 2.29. The van der Waals surface area contributed by atoms with Crippen LogP contribution in [0.15, 0.2) is 17.0 Å². The zero-order valence-electron chi connectivity index (χ0n) is 15.2. The van der Waals surface area contributed by atoms with Crippen LogP contribution in [0, 0.1) is 13.8 Å². The first-order valence-electron chi connectivity index (χ1n) is 8.02. The van der Waals surface area contributed by atoms with Crippen LogP contribution in [-0.2, 0) is 14.8 Å². The number of sulfonamides is 1. The smallest absolute Gasteiger partial charge is 0.254 e. The number of carbonyl (C=O) groups excluding carboxylic acids is 1. The molecule has 7 heteroatoms. The van der Waals surface area contributed by atoms with Gasteiger partial charge in [0.05, 0.1) is 17.1 Å². The first-order valence-corrected chi connectivity index (χ1v) is 9.46. The van der Waals surface area contributed by atoms with E-state index in [-0.39, 0.29) is 23.0 Å². The van der Waals surface area contributed by atoms with Crippen molar-refractivity contribution in [3.8, 4) is 0 Å². The van der Waals surface area contributed by atoms with E-state index in [1.165, 1.54) is 24.5 Å². The highest BCUT2D eigenvalue weighted by atomic mass is 32.2. The molecule has 2 atom stereocenters. The predicted molar refractivity (Wildman–Crippen MR) is 92.7 cm³/mol. The Hall–Kier alpha value is -1.44. The molecule has 0 saturated carbocycles. The van der Waals surface area contributed by atoms with Crippen molar-refractivity contribution < 1.29 is 17.9 Å². The third-order valence-electron chi connectivity index (χ3n) is 4.33. The van der Waals surface area contributed by atoms with Crippen LogP contribution in [0.2, 0.25) is 0 Å². The Bertz CT molecular complexity index is 733. The highest BCUT2D eigenvalue weighted by molar-refractivity contribution is 7.89. The quantitative estimate of drug-likeness (QED) is 0.830. The monoisotopic (exact) mass is 354 g/mol. The molecule has 0 radical (unpaired) electrons. The molecule has 1 fully saturated rings. The van der Waals surface area contributed by atoms with Gasteiger partial charge in [-0.25, -0.2) is 12.7 Å². The summed E-state index contributed by atoms with van der Waals surface area (Å²) in [5.41, 5.74) is 1.86. The summed E-state index contributed by atoms with van der Waals surface area (Å²) >= 11 is 0. The minimum Gasteiger partial charge on any atom is -0.372 e. The summed E-state index contributed by atoms with van der Waals surface area (Å²) in [7, 11) is -0.620. The van der Waals surface area contributed by atoms with Crippen molar-refractivity contribution in [2.75, 3.05) is 27.2 Å². The van der Waals surface area contributed by atoms with E-state index >= 15 is 0 Å². The van der Waals surface area contributed by atoms with E-state index in [1.807, 2.05) is 20.8 Å². The average molecular weight is 354 g/mol. The molecular weight excluding hydrogens is 328 g/mol. The minimum atomic E-state index is -3.60. The third kappa shape index (κ3) is 3.63. The van der Waals surface area contributed by atoms with Crippen LogP contribution in [0.4, 0.5) is 0 Å². The summed E-state index contributed by atoms with van der Waals surface area (Å²) in [6.07, 6.45) is -0.0663. The van der Waals surface area contributed by atoms with Crippen molar-refractivity contribution in [3.05, 3.63) is 28.8 Å². The summed E-state index contributed by atoms with van der Waals surface area (Å²) < 4.78 is 31.9. The molecule has 1 aliphatic heterocycles. The molecule has 0 bridgehead atoms. The number of morpholine rings is 1. The Morgan fingerprint density at radius 2 is 1.71 bits per heavy atom. The molecule has 0 N–H and O–H groups in total. The number of rotatable bonds is 3. The summed E-state index contributed by atoms with van der Waals surface area (Å²) in [6, 6.07) is 3.25. The fourth-order valence-corrected chi connectivity index (χ4v) is 4.16. The maximum Gasteiger partial charge on any atom is 0.254 e. The second kappa shape index (κ2) is 6.82. The van der Waals surface area contributed by atoms with Crippen LogP contribution < -0.4 is 0 Å². The Balaban J connectivity index is 2.45. The Morgan fingerprint density at radius 1 is 1.17 bits per heavy atom. The van der Waals surface area contributed by atoms with Crippen LogP contribution in [-0.4, -0.2) is 62.9 Å². The number of hydrogen-bond acceptors (Lipinski definition) is 4. The number of carbonyl (C=O) groups is 1. The van der Waals surface area contributed by atoms with Gasteiger partial charge < -0.3 is 9.64 Å². The van der Waals surface area contributed by atoms with Crippen LogP contribution in [0.5, 0.6) is 0 Å². The van der Waals surface area contributed by atoms with Crippen LogP contribution in [0.3, 0.4) is 0 Å². The molecule has 1 aromatic rings. The maximum absolute atomic E-state index is 12.9. The summed E-state index contributed by atoms with van der Waals surface area (Å²) in [5, 5.41) is 0. The second-order valence-corrected chi connectivity index (χ2v) is 8.79. The molecule has 0 aliphatic carbocycles. The zero-order chi connectivity index (χ0) is 18.2. The molecule has 1 aromatic carbocycles. The van der Waals surface area contributed by atoms with Gasteiger partial charge in [-0.05, 0) is 51.0 Å². The van der Waals surface area contributed by atoms with Gasteiger partial charge >= 0.3 is 0 Å². The lowest BCUT2D eigenvalue weighted by Gasteiger charge is -2.35. The van der Waals surface area contributed by atoms with E-state index in [1.54, 1.807) is 17.9 Å². The molecule has 0 spiro atoms. The predicted octanol–water partition coefficient (Wildman–Crippen LogP) is 1.80. The molecule has 1 saturated heterocycles. The number of ether oxygens (including phenoxy) is 1. The fraction of sp³-hybridized carbons (Fsp3) is 0.588. The lowest BCUT2D eigenvalue weighted by Crippen LogP contribution is -2.48. The van der Waals surface area contributed by atoms with Gasteiger partial charge in [0.1, 0.15) is 0 Å². The summed E-state index contributed by atoms with van der Waals surface area (Å²) in [6.45, 7) is 8.46. The van der Waals surface area contributed by atoms with Crippen molar-refractivity contribution in [1.82, 2.24) is 9.21 Å². The maximum atomic E-state index is 12.9. The number of nitrogens with zero attached hydrogens (tertiary/aromatic N) is 2. The van der Waals surface area contributed by atoms with Crippen LogP contribution >= 0.6 is 0 Å². The third-order valence-corrected chi connectivity index (χ3v) is 6.27. The molecule has 24 heavy (non-hydrogen) atoms. The van der Waals surface area contributed by atoms with Gasteiger partial charge in [0.15, 0.2) is 0 Å². The molecule has 1 heterocycles. The number of hydrogen-bond donors (Lipinski definition) is 0. The largest absolute Gasteiger partial charge is 0.372 e. The van der Waals surface area contributed by atoms with E-state index < -0.39 is 10.0 Å². The molecule has 6 nitrogen and oxygen atoms in total. The van der Waals surface area contributed by atoms with Crippen LogP contribution in [0.1, 0.15) is 35.3 Å². The number of aryl methyl sites for hydroxylation is 1. The topological polar surface area (TPSA) is 66.9 Å². The first-order chi connectivity index (χ1) is 11.0. The Labute approximate surface area is 144 Å². The number of benzene rings is 1. The normalized spacial score (nSPS) is 22.0. The molecule has 1 aliphatic rings. The molecule has 134 valence electrons. The Kier molecular flexibility index (Phi) is 5.37. The van der Waals surface area contributed by atoms with Gasteiger partial charge in [0.2, 0.25) is 10.0 Å². The highest BCUT2D eigenvalue weighted by Crippen LogP contribution is 2.25. The van der Waals surface area contributed by atoms with Gasteiger partial charge in [0, 0.05) is 32.7 Å². The van der Waals surface area contributed by atoms with Crippen LogP contribution in [0.25, 0.3) is 0 Å². The van der Waals surface area contributed by atoms with Gasteiger partial charge in [-0.2, -0.15) is 0 Å². The standard InChI is InChI=1S/C17H26N2O4S/c1-11-7-15(8-16(14(11)4)24(21,22)18(5)6)17(20)19-9-12(2)23-13(3)10-19/h7-8,12-13H,9-10H2,1-6H3. The molecule has 1 amide bonds. The Morgan fingerprint density at radius 3 is 2.21 bits per heavy atom. The SMILES string of the molecule is Cc1cc(C(=O)N2CC(C)OC(C)C2)cc(S(=O)(=O)N(C)C)c1C. The van der Waals surface area contributed by atoms with E-state index in [2.05, 4.69) is 0 Å². The van der Waals surface area contributed by atoms with Crippen molar-refractivity contribution in [2.24, 2.45) is 0 Å². The zero-order valence-corrected chi connectivity index (χ0v) is 16.0. The molecular formula is C17H26N2O4S. The molecule has 0 aromatic heterocycles. The van der Waals surface area contributed by atoms with E-state index in [0.717, 1.165) is 5.56 Å². The lowest BCUT2D eigenvalue weighted by atomic mass is 10.0. The summed E-state index contributed by atoms with van der Waals surface area (Å²) in [4.78, 5) is 14.8. The van der Waals surface area contributed by atoms with Crippen molar-refractivity contribution >= 4 is 15.9 Å². The van der Waals surface area contributed by atoms with E-state index in [0.29, 0.717) is 24.2 Å². The van der Waals surface area contributed by atoms with Crippen molar-refractivity contribution in [2.45, 2.75) is 44.8 Å². The van der Waals surface area contributed by atoms with Gasteiger partial charge in [-0.3, -0.25) is 4.79 Å². The fourth-order valence-electron chi connectivity index (χ4n) is 2.94. The van der Waals surface area contributed by atoms with Gasteiger partial charge in [0.25, 0.3) is 5.91 Å². The average Bonchev–Trinajstić information content (AvgIpc) is 2.47. The minimum absolute atomic E-state index is 0.0331. The molecule has 2 rings (SSSR count). The van der Waals surface area contributed by atoms with Crippen molar-refractivity contribution in [1.29, 1.82) is 0 Å². The van der Waals surface area contributed by atoms with E-state index in [4.69, 9.17) is 4.74 Å². The first kappa shape index (κ1) is 18.9. The number of amides is 1. The summed E-state index contributed by atoms with van der Waals surface area (Å²) in [5.74, 6) is -0.157.